The number of hydrogen-bond donors (Lipinski definition) is 0. The van der Waals surface area contributed by atoms with E-state index in [1.54, 1.807) is 0 Å². The fourth-order valence-electron chi connectivity index (χ4n) is 2.64. The molecule has 0 saturated carbocycles. The second-order valence-corrected chi connectivity index (χ2v) is 8.66. The molecular weight excluding hydrogens is 288 g/mol. The first-order chi connectivity index (χ1) is 9.70. The molecule has 0 aromatic rings. The summed E-state index contributed by atoms with van der Waals surface area (Å²) in [4.78, 5) is 14.1. The van der Waals surface area contributed by atoms with Crippen molar-refractivity contribution in [1.29, 1.82) is 0 Å². The largest absolute Gasteiger partial charge is 0.342 e. The van der Waals surface area contributed by atoms with Gasteiger partial charge in [-0.3, -0.25) is 4.79 Å². The highest BCUT2D eigenvalue weighted by molar-refractivity contribution is 7.88. The standard InChI is InChI=1S/C15H30N2O3S/c1-13(2)7-10-17(21(4,19)20)11-8-15(18)16-9-5-6-14(3)12-16/h13-14H,5-12H2,1-4H3. The molecule has 0 N–H and O–H groups in total. The van der Waals surface area contributed by atoms with Gasteiger partial charge in [0.25, 0.3) is 0 Å². The lowest BCUT2D eigenvalue weighted by atomic mass is 10.00. The van der Waals surface area contributed by atoms with Gasteiger partial charge in [0.05, 0.1) is 6.26 Å². The van der Waals surface area contributed by atoms with E-state index in [9.17, 15) is 13.2 Å². The minimum absolute atomic E-state index is 0.0831. The minimum atomic E-state index is -3.24. The van der Waals surface area contributed by atoms with Crippen molar-refractivity contribution in [3.8, 4) is 0 Å². The zero-order chi connectivity index (χ0) is 16.0. The first-order valence-corrected chi connectivity index (χ1v) is 9.78. The van der Waals surface area contributed by atoms with E-state index in [0.717, 1.165) is 25.9 Å². The number of piperidine rings is 1. The molecule has 1 aliphatic rings. The van der Waals surface area contributed by atoms with E-state index in [-0.39, 0.29) is 12.3 Å². The van der Waals surface area contributed by atoms with Crippen molar-refractivity contribution in [2.75, 3.05) is 32.4 Å². The Balaban J connectivity index is 2.50. The van der Waals surface area contributed by atoms with Crippen LogP contribution in [0.3, 0.4) is 0 Å². The maximum atomic E-state index is 12.2. The summed E-state index contributed by atoms with van der Waals surface area (Å²) in [7, 11) is -3.24. The molecular formula is C15H30N2O3S. The van der Waals surface area contributed by atoms with Crippen LogP contribution in [0.5, 0.6) is 0 Å². The van der Waals surface area contributed by atoms with Gasteiger partial charge in [-0.05, 0) is 31.1 Å². The molecule has 124 valence electrons. The normalized spacial score (nSPS) is 20.3. The van der Waals surface area contributed by atoms with Crippen LogP contribution >= 0.6 is 0 Å². The summed E-state index contributed by atoms with van der Waals surface area (Å²) in [6.07, 6.45) is 4.56. The quantitative estimate of drug-likeness (QED) is 0.721. The summed E-state index contributed by atoms with van der Waals surface area (Å²) < 4.78 is 25.0. The lowest BCUT2D eigenvalue weighted by molar-refractivity contribution is -0.133. The van der Waals surface area contributed by atoms with Crippen molar-refractivity contribution in [3.63, 3.8) is 0 Å². The Labute approximate surface area is 129 Å². The number of carbonyl (C=O) groups is 1. The van der Waals surface area contributed by atoms with Crippen LogP contribution in [0, 0.1) is 11.8 Å². The Morgan fingerprint density at radius 1 is 1.33 bits per heavy atom. The van der Waals surface area contributed by atoms with Gasteiger partial charge in [-0.15, -0.1) is 0 Å². The second-order valence-electron chi connectivity index (χ2n) is 6.68. The van der Waals surface area contributed by atoms with Crippen LogP contribution in [-0.2, 0) is 14.8 Å². The van der Waals surface area contributed by atoms with Crippen LogP contribution in [0.15, 0.2) is 0 Å². The molecule has 1 fully saturated rings. The number of hydrogen-bond acceptors (Lipinski definition) is 3. The number of rotatable bonds is 7. The van der Waals surface area contributed by atoms with Crippen molar-refractivity contribution in [2.24, 2.45) is 11.8 Å². The van der Waals surface area contributed by atoms with Gasteiger partial charge in [-0.1, -0.05) is 20.8 Å². The molecule has 1 amide bonds. The van der Waals surface area contributed by atoms with Crippen molar-refractivity contribution in [2.45, 2.75) is 46.5 Å². The van der Waals surface area contributed by atoms with E-state index in [1.807, 2.05) is 4.90 Å². The maximum absolute atomic E-state index is 12.2. The molecule has 21 heavy (non-hydrogen) atoms. The zero-order valence-corrected chi connectivity index (χ0v) is 14.7. The predicted octanol–water partition coefficient (Wildman–Crippen LogP) is 1.94. The van der Waals surface area contributed by atoms with Crippen LogP contribution < -0.4 is 0 Å². The van der Waals surface area contributed by atoms with Gasteiger partial charge in [0.15, 0.2) is 0 Å². The fraction of sp³-hybridized carbons (Fsp3) is 0.933. The fourth-order valence-corrected chi connectivity index (χ4v) is 3.50. The molecule has 0 aromatic carbocycles. The molecule has 0 aromatic heterocycles. The average molecular weight is 318 g/mol. The summed E-state index contributed by atoms with van der Waals surface area (Å²) in [5, 5.41) is 0. The topological polar surface area (TPSA) is 57.7 Å². The van der Waals surface area contributed by atoms with E-state index >= 15 is 0 Å². The van der Waals surface area contributed by atoms with Crippen LogP contribution in [0.25, 0.3) is 0 Å². The molecule has 6 heteroatoms. The Hall–Kier alpha value is -0.620. The molecule has 1 heterocycles. The number of amides is 1. The Morgan fingerprint density at radius 2 is 2.00 bits per heavy atom. The van der Waals surface area contributed by atoms with E-state index < -0.39 is 10.0 Å². The maximum Gasteiger partial charge on any atom is 0.223 e. The predicted molar refractivity (Wildman–Crippen MR) is 85.5 cm³/mol. The van der Waals surface area contributed by atoms with Gasteiger partial charge in [0.1, 0.15) is 0 Å². The molecule has 5 nitrogen and oxygen atoms in total. The molecule has 1 unspecified atom stereocenters. The Morgan fingerprint density at radius 3 is 2.52 bits per heavy atom. The molecule has 1 atom stereocenters. The van der Waals surface area contributed by atoms with Crippen molar-refractivity contribution in [3.05, 3.63) is 0 Å². The summed E-state index contributed by atoms with van der Waals surface area (Å²) in [5.41, 5.74) is 0. The van der Waals surface area contributed by atoms with Gasteiger partial charge >= 0.3 is 0 Å². The highest BCUT2D eigenvalue weighted by atomic mass is 32.2. The third kappa shape index (κ3) is 6.78. The van der Waals surface area contributed by atoms with Crippen molar-refractivity contribution in [1.82, 2.24) is 9.21 Å². The van der Waals surface area contributed by atoms with E-state index in [1.165, 1.54) is 17.0 Å². The number of likely N-dealkylation sites (tertiary alicyclic amines) is 1. The van der Waals surface area contributed by atoms with Gasteiger partial charge < -0.3 is 4.90 Å². The smallest absolute Gasteiger partial charge is 0.223 e. The number of carbonyl (C=O) groups excluding carboxylic acids is 1. The van der Waals surface area contributed by atoms with Gasteiger partial charge in [-0.25, -0.2) is 12.7 Å². The molecule has 1 aliphatic heterocycles. The van der Waals surface area contributed by atoms with Crippen molar-refractivity contribution >= 4 is 15.9 Å². The summed E-state index contributed by atoms with van der Waals surface area (Å²) in [6, 6.07) is 0. The lowest BCUT2D eigenvalue weighted by Crippen LogP contribution is -2.41. The number of nitrogens with zero attached hydrogens (tertiary/aromatic N) is 2. The minimum Gasteiger partial charge on any atom is -0.342 e. The van der Waals surface area contributed by atoms with Crippen LogP contribution in [0.2, 0.25) is 0 Å². The summed E-state index contributed by atoms with van der Waals surface area (Å²) in [6.45, 7) is 8.72. The third-order valence-corrected chi connectivity index (χ3v) is 5.31. The van der Waals surface area contributed by atoms with Crippen LogP contribution in [0.1, 0.15) is 46.5 Å². The van der Waals surface area contributed by atoms with Gasteiger partial charge in [-0.2, -0.15) is 0 Å². The van der Waals surface area contributed by atoms with Crippen LogP contribution in [-0.4, -0.2) is 56.0 Å². The Kier molecular flexibility index (Phi) is 7.13. The summed E-state index contributed by atoms with van der Waals surface area (Å²) in [5.74, 6) is 1.09. The van der Waals surface area contributed by atoms with Gasteiger partial charge in [0, 0.05) is 32.6 Å². The highest BCUT2D eigenvalue weighted by Gasteiger charge is 2.23. The molecule has 0 radical (unpaired) electrons. The molecule has 1 saturated heterocycles. The van der Waals surface area contributed by atoms with E-state index in [2.05, 4.69) is 20.8 Å². The van der Waals surface area contributed by atoms with Gasteiger partial charge in [0.2, 0.25) is 15.9 Å². The van der Waals surface area contributed by atoms with Crippen molar-refractivity contribution < 1.29 is 13.2 Å². The van der Waals surface area contributed by atoms with E-state index in [0.29, 0.717) is 24.9 Å². The Bertz CT molecular complexity index is 434. The molecule has 0 spiro atoms. The monoisotopic (exact) mass is 318 g/mol. The number of sulfonamides is 1. The average Bonchev–Trinajstić information content (AvgIpc) is 2.36. The van der Waals surface area contributed by atoms with Crippen LogP contribution in [0.4, 0.5) is 0 Å². The molecule has 1 rings (SSSR count). The SMILES string of the molecule is CC(C)CCN(CCC(=O)N1CCCC(C)C1)S(C)(=O)=O. The molecule has 0 bridgehead atoms. The third-order valence-electron chi connectivity index (χ3n) is 4.01. The highest BCUT2D eigenvalue weighted by Crippen LogP contribution is 2.16. The lowest BCUT2D eigenvalue weighted by Gasteiger charge is -2.31. The second kappa shape index (κ2) is 8.13. The first kappa shape index (κ1) is 18.4. The van der Waals surface area contributed by atoms with E-state index in [4.69, 9.17) is 0 Å². The summed E-state index contributed by atoms with van der Waals surface area (Å²) >= 11 is 0. The molecule has 0 aliphatic carbocycles. The zero-order valence-electron chi connectivity index (χ0n) is 13.8. The first-order valence-electron chi connectivity index (χ1n) is 7.93.